The molecular weight excluding hydrogens is 484 g/mol. The Balaban J connectivity index is 1.65. The predicted molar refractivity (Wildman–Crippen MR) is 127 cm³/mol. The van der Waals surface area contributed by atoms with E-state index in [1.54, 1.807) is 40.7 Å². The summed E-state index contributed by atoms with van der Waals surface area (Å²) in [6.07, 6.45) is 1.09. The van der Waals surface area contributed by atoms with Gasteiger partial charge in [-0.25, -0.2) is 8.42 Å². The molecule has 0 saturated carbocycles. The lowest BCUT2D eigenvalue weighted by Gasteiger charge is -2.34. The van der Waals surface area contributed by atoms with Crippen molar-refractivity contribution in [3.63, 3.8) is 0 Å². The van der Waals surface area contributed by atoms with Gasteiger partial charge in [-0.15, -0.1) is 11.3 Å². The number of ether oxygens (including phenoxy) is 1. The van der Waals surface area contributed by atoms with Crippen molar-refractivity contribution in [2.24, 2.45) is 0 Å². The van der Waals surface area contributed by atoms with Gasteiger partial charge in [-0.1, -0.05) is 17.7 Å². The van der Waals surface area contributed by atoms with Gasteiger partial charge in [0.1, 0.15) is 10.7 Å². The molecule has 10 heteroatoms. The van der Waals surface area contributed by atoms with Crippen molar-refractivity contribution in [3.8, 4) is 0 Å². The summed E-state index contributed by atoms with van der Waals surface area (Å²) >= 11 is 7.86. The molecule has 0 unspecified atom stereocenters. The van der Waals surface area contributed by atoms with Crippen molar-refractivity contribution in [3.05, 3.63) is 75.3 Å². The highest BCUT2D eigenvalue weighted by Gasteiger charge is 2.34. The molecule has 1 fully saturated rings. The summed E-state index contributed by atoms with van der Waals surface area (Å²) in [5.41, 5.74) is 0.246. The van der Waals surface area contributed by atoms with Crippen LogP contribution in [-0.4, -0.2) is 48.8 Å². The van der Waals surface area contributed by atoms with Crippen molar-refractivity contribution in [1.82, 2.24) is 9.21 Å². The minimum Gasteiger partial charge on any atom is -0.467 e. The van der Waals surface area contributed by atoms with Gasteiger partial charge in [0.25, 0.3) is 5.91 Å². The zero-order chi connectivity index (χ0) is 23.6. The van der Waals surface area contributed by atoms with Crippen LogP contribution in [0.3, 0.4) is 0 Å². The summed E-state index contributed by atoms with van der Waals surface area (Å²) in [6.45, 7) is 4.75. The molecule has 1 aliphatic heterocycles. The normalized spacial score (nSPS) is 19.5. The van der Waals surface area contributed by atoms with Crippen LogP contribution in [0.1, 0.15) is 34.8 Å². The van der Waals surface area contributed by atoms with E-state index >= 15 is 0 Å². The fourth-order valence-corrected chi connectivity index (χ4v) is 6.67. The molecule has 7 nitrogen and oxygen atoms in total. The van der Waals surface area contributed by atoms with E-state index in [4.69, 9.17) is 20.8 Å². The zero-order valence-corrected chi connectivity index (χ0v) is 20.7. The number of thiophene rings is 1. The first-order valence-electron chi connectivity index (χ1n) is 10.5. The minimum atomic E-state index is -3.91. The fourth-order valence-electron chi connectivity index (χ4n) is 3.86. The average Bonchev–Trinajstić information content (AvgIpc) is 3.47. The van der Waals surface area contributed by atoms with Crippen molar-refractivity contribution in [2.45, 2.75) is 44.0 Å². The van der Waals surface area contributed by atoms with E-state index < -0.39 is 10.0 Å². The molecule has 3 heterocycles. The molecule has 4 rings (SSSR count). The molecule has 0 bridgehead atoms. The second-order valence-corrected chi connectivity index (χ2v) is 11.4. The molecule has 0 spiro atoms. The molecule has 1 saturated heterocycles. The monoisotopic (exact) mass is 508 g/mol. The highest BCUT2D eigenvalue weighted by atomic mass is 35.5. The summed E-state index contributed by atoms with van der Waals surface area (Å²) in [4.78, 5) is 16.0. The third-order valence-corrected chi connectivity index (χ3v) is 8.50. The van der Waals surface area contributed by atoms with Crippen LogP contribution in [0.2, 0.25) is 5.02 Å². The van der Waals surface area contributed by atoms with E-state index in [2.05, 4.69) is 0 Å². The molecule has 33 heavy (non-hydrogen) atoms. The number of carbonyl (C=O) groups excluding carboxylic acids is 1. The molecule has 3 aromatic rings. The van der Waals surface area contributed by atoms with Crippen molar-refractivity contribution >= 4 is 38.9 Å². The Bertz CT molecular complexity index is 1150. The topological polar surface area (TPSA) is 80.1 Å². The fraction of sp³-hybridized carbons (Fsp3) is 0.348. The quantitative estimate of drug-likeness (QED) is 0.464. The Morgan fingerprint density at radius 1 is 1.15 bits per heavy atom. The van der Waals surface area contributed by atoms with E-state index in [0.717, 1.165) is 4.88 Å². The Hall–Kier alpha value is -2.17. The number of rotatable bonds is 7. The highest BCUT2D eigenvalue weighted by Crippen LogP contribution is 2.29. The molecule has 0 radical (unpaired) electrons. The molecule has 0 aliphatic carbocycles. The number of hydrogen-bond donors (Lipinski definition) is 0. The SMILES string of the molecule is C[C@@H]1CN(S(=O)(=O)c2cc(C(=O)N(Cc3ccco3)Cc3cccs3)ccc2Cl)C[C@@H](C)O1. The number of carbonyl (C=O) groups is 1. The lowest BCUT2D eigenvalue weighted by atomic mass is 10.2. The third-order valence-electron chi connectivity index (χ3n) is 5.32. The second-order valence-electron chi connectivity index (χ2n) is 8.04. The molecule has 1 amide bonds. The molecular formula is C23H25ClN2O5S2. The number of nitrogens with zero attached hydrogens (tertiary/aromatic N) is 2. The summed E-state index contributed by atoms with van der Waals surface area (Å²) in [6, 6.07) is 11.8. The second kappa shape index (κ2) is 9.99. The number of amides is 1. The van der Waals surface area contributed by atoms with E-state index in [-0.39, 0.29) is 53.2 Å². The van der Waals surface area contributed by atoms with Gasteiger partial charge in [-0.05, 0) is 55.6 Å². The molecule has 2 atom stereocenters. The van der Waals surface area contributed by atoms with Gasteiger partial charge >= 0.3 is 0 Å². The van der Waals surface area contributed by atoms with Crippen LogP contribution in [0.5, 0.6) is 0 Å². The predicted octanol–water partition coefficient (Wildman–Crippen LogP) is 4.64. The third kappa shape index (κ3) is 5.50. The van der Waals surface area contributed by atoms with Gasteiger partial charge in [0, 0.05) is 23.5 Å². The first-order valence-corrected chi connectivity index (χ1v) is 13.2. The van der Waals surface area contributed by atoms with Crippen molar-refractivity contribution < 1.29 is 22.4 Å². The lowest BCUT2D eigenvalue weighted by molar-refractivity contribution is -0.0440. The number of furan rings is 1. The van der Waals surface area contributed by atoms with Crippen LogP contribution in [0.15, 0.2) is 63.4 Å². The number of benzene rings is 1. The lowest BCUT2D eigenvalue weighted by Crippen LogP contribution is -2.48. The molecule has 1 aromatic carbocycles. The smallest absolute Gasteiger partial charge is 0.254 e. The van der Waals surface area contributed by atoms with Crippen LogP contribution in [0.25, 0.3) is 0 Å². The Labute approximate surface area is 202 Å². The maximum absolute atomic E-state index is 13.5. The largest absolute Gasteiger partial charge is 0.467 e. The number of hydrogen-bond acceptors (Lipinski definition) is 6. The summed E-state index contributed by atoms with van der Waals surface area (Å²) in [5, 5.41) is 2.02. The Kier molecular flexibility index (Phi) is 7.25. The maximum atomic E-state index is 13.5. The minimum absolute atomic E-state index is 0.0780. The Morgan fingerprint density at radius 3 is 2.55 bits per heavy atom. The molecule has 2 aromatic heterocycles. The highest BCUT2D eigenvalue weighted by molar-refractivity contribution is 7.89. The summed E-state index contributed by atoms with van der Waals surface area (Å²) < 4.78 is 39.3. The number of halogens is 1. The molecule has 1 aliphatic rings. The van der Waals surface area contributed by atoms with Gasteiger partial charge < -0.3 is 14.1 Å². The van der Waals surface area contributed by atoms with E-state index in [1.807, 2.05) is 31.4 Å². The molecule has 0 N–H and O–H groups in total. The number of morpholine rings is 1. The van der Waals surface area contributed by atoms with Crippen LogP contribution in [0.4, 0.5) is 0 Å². The first-order chi connectivity index (χ1) is 15.7. The van der Waals surface area contributed by atoms with E-state index in [9.17, 15) is 13.2 Å². The average molecular weight is 509 g/mol. The number of sulfonamides is 1. The van der Waals surface area contributed by atoms with Crippen LogP contribution >= 0.6 is 22.9 Å². The summed E-state index contributed by atoms with van der Waals surface area (Å²) in [5.74, 6) is 0.328. The first kappa shape index (κ1) is 24.0. The summed E-state index contributed by atoms with van der Waals surface area (Å²) in [7, 11) is -3.91. The van der Waals surface area contributed by atoms with Gasteiger partial charge in [0.05, 0.1) is 36.6 Å². The van der Waals surface area contributed by atoms with Crippen LogP contribution < -0.4 is 0 Å². The maximum Gasteiger partial charge on any atom is 0.254 e. The van der Waals surface area contributed by atoms with Crippen molar-refractivity contribution in [1.29, 1.82) is 0 Å². The van der Waals surface area contributed by atoms with E-state index in [0.29, 0.717) is 12.3 Å². The van der Waals surface area contributed by atoms with Crippen molar-refractivity contribution in [2.75, 3.05) is 13.1 Å². The van der Waals surface area contributed by atoms with Gasteiger partial charge in [0.15, 0.2) is 0 Å². The van der Waals surface area contributed by atoms with Gasteiger partial charge in [-0.3, -0.25) is 4.79 Å². The molecule has 176 valence electrons. The van der Waals surface area contributed by atoms with E-state index in [1.165, 1.54) is 16.4 Å². The van der Waals surface area contributed by atoms with Gasteiger partial charge in [0.2, 0.25) is 10.0 Å². The standard InChI is InChI=1S/C23H25ClN2O5S2/c1-16-12-26(13-17(2)31-16)33(28,29)22-11-18(7-8-21(22)24)23(27)25(14-19-5-3-9-30-19)15-20-6-4-10-32-20/h3-11,16-17H,12-15H2,1-2H3/t16-,17-/m1/s1. The van der Waals surface area contributed by atoms with Gasteiger partial charge in [-0.2, -0.15) is 4.31 Å². The van der Waals surface area contributed by atoms with Crippen LogP contribution in [0, 0.1) is 0 Å². The van der Waals surface area contributed by atoms with Crippen LogP contribution in [-0.2, 0) is 27.8 Å². The Morgan fingerprint density at radius 2 is 1.91 bits per heavy atom. The zero-order valence-electron chi connectivity index (χ0n) is 18.3.